The van der Waals surface area contributed by atoms with E-state index in [0.29, 0.717) is 35.5 Å². The summed E-state index contributed by atoms with van der Waals surface area (Å²) in [7, 11) is 4.57. The van der Waals surface area contributed by atoms with Crippen LogP contribution >= 0.6 is 11.3 Å². The van der Waals surface area contributed by atoms with Gasteiger partial charge in [-0.2, -0.15) is 0 Å². The molecule has 2 aromatic rings. The van der Waals surface area contributed by atoms with Gasteiger partial charge in [0.1, 0.15) is 0 Å². The van der Waals surface area contributed by atoms with E-state index < -0.39 is 11.9 Å². The molecule has 2 aliphatic rings. The first-order valence-electron chi connectivity index (χ1n) is 10.1. The standard InChI is InChI=1S/C24H25NO5S/c1-13-21(24(27)30-4)23(20-6-5-9-31-20)22-16(25-13)10-15(11-17(22)26)14-7-8-18(28-2)19(12-14)29-3/h5-9,12,15,23,25H,10-11H2,1-4H3/t15-,23-/m1/s1. The Labute approximate surface area is 185 Å². The molecule has 0 spiro atoms. The maximum absolute atomic E-state index is 13.4. The fourth-order valence-electron chi connectivity index (χ4n) is 4.50. The second kappa shape index (κ2) is 8.59. The SMILES string of the molecule is COC(=O)C1=C(C)NC2=C(C(=O)C[C@H](c3ccc(OC)c(OC)c3)C2)[C@@H]1c1cccs1. The summed E-state index contributed by atoms with van der Waals surface area (Å²) in [5, 5.41) is 5.30. The van der Waals surface area contributed by atoms with Crippen molar-refractivity contribution in [1.82, 2.24) is 5.32 Å². The molecule has 4 rings (SSSR count). The molecule has 6 nitrogen and oxygen atoms in total. The minimum Gasteiger partial charge on any atom is -0.493 e. The van der Waals surface area contributed by atoms with Gasteiger partial charge in [0, 0.05) is 28.3 Å². The van der Waals surface area contributed by atoms with Crippen LogP contribution in [-0.4, -0.2) is 33.1 Å². The average molecular weight is 440 g/mol. The van der Waals surface area contributed by atoms with Gasteiger partial charge in [-0.15, -0.1) is 11.3 Å². The largest absolute Gasteiger partial charge is 0.493 e. The number of esters is 1. The number of methoxy groups -OCH3 is 3. The van der Waals surface area contributed by atoms with Gasteiger partial charge >= 0.3 is 5.97 Å². The van der Waals surface area contributed by atoms with Crippen molar-refractivity contribution in [3.63, 3.8) is 0 Å². The number of hydrogen-bond acceptors (Lipinski definition) is 7. The van der Waals surface area contributed by atoms with E-state index in [2.05, 4.69) is 5.32 Å². The minimum absolute atomic E-state index is 0.00928. The number of ether oxygens (including phenoxy) is 3. The number of allylic oxidation sites excluding steroid dienone is 3. The maximum atomic E-state index is 13.4. The van der Waals surface area contributed by atoms with Crippen molar-refractivity contribution in [2.24, 2.45) is 0 Å². The van der Waals surface area contributed by atoms with Crippen LogP contribution in [0, 0.1) is 0 Å². The number of carbonyl (C=O) groups excluding carboxylic acids is 2. The highest BCUT2D eigenvalue weighted by Gasteiger charge is 2.41. The van der Waals surface area contributed by atoms with E-state index >= 15 is 0 Å². The average Bonchev–Trinajstić information content (AvgIpc) is 3.31. The van der Waals surface area contributed by atoms with Crippen molar-refractivity contribution in [2.45, 2.75) is 31.6 Å². The lowest BCUT2D eigenvalue weighted by Crippen LogP contribution is -2.35. The number of dihydropyridines is 1. The zero-order chi connectivity index (χ0) is 22.1. The van der Waals surface area contributed by atoms with Crippen molar-refractivity contribution < 1.29 is 23.8 Å². The first kappa shape index (κ1) is 21.2. The van der Waals surface area contributed by atoms with Gasteiger partial charge in [-0.3, -0.25) is 4.79 Å². The summed E-state index contributed by atoms with van der Waals surface area (Å²) >= 11 is 1.54. The Morgan fingerprint density at radius 2 is 1.87 bits per heavy atom. The Kier molecular flexibility index (Phi) is 5.87. The van der Waals surface area contributed by atoms with Crippen LogP contribution in [0.15, 0.2) is 58.3 Å². The molecule has 0 bridgehead atoms. The third-order valence-corrected chi connectivity index (χ3v) is 6.88. The zero-order valence-electron chi connectivity index (χ0n) is 18.0. The van der Waals surface area contributed by atoms with Gasteiger partial charge in [-0.1, -0.05) is 12.1 Å². The van der Waals surface area contributed by atoms with Crippen LogP contribution < -0.4 is 14.8 Å². The fraction of sp³-hybridized carbons (Fsp3) is 0.333. The molecule has 0 saturated heterocycles. The molecule has 1 N–H and O–H groups in total. The van der Waals surface area contributed by atoms with E-state index in [1.807, 2.05) is 42.6 Å². The van der Waals surface area contributed by atoms with Gasteiger partial charge in [-0.05, 0) is 48.4 Å². The van der Waals surface area contributed by atoms with Crippen molar-refractivity contribution in [1.29, 1.82) is 0 Å². The van der Waals surface area contributed by atoms with Gasteiger partial charge < -0.3 is 19.5 Å². The minimum atomic E-state index is -0.412. The number of nitrogens with one attached hydrogen (secondary N) is 1. The first-order chi connectivity index (χ1) is 15.0. The topological polar surface area (TPSA) is 73.9 Å². The molecule has 1 aromatic heterocycles. The van der Waals surface area contributed by atoms with Gasteiger partial charge in [0.15, 0.2) is 17.3 Å². The number of hydrogen-bond donors (Lipinski definition) is 1. The van der Waals surface area contributed by atoms with Gasteiger partial charge in [0.05, 0.1) is 32.8 Å². The lowest BCUT2D eigenvalue weighted by Gasteiger charge is -2.36. The summed E-state index contributed by atoms with van der Waals surface area (Å²) in [6.45, 7) is 1.86. The zero-order valence-corrected chi connectivity index (χ0v) is 18.8. The summed E-state index contributed by atoms with van der Waals surface area (Å²) in [4.78, 5) is 27.0. The van der Waals surface area contributed by atoms with Crippen molar-refractivity contribution in [2.75, 3.05) is 21.3 Å². The smallest absolute Gasteiger partial charge is 0.336 e. The number of ketones is 1. The Hall–Kier alpha value is -3.06. The fourth-order valence-corrected chi connectivity index (χ4v) is 5.35. The molecule has 31 heavy (non-hydrogen) atoms. The third kappa shape index (κ3) is 3.74. The van der Waals surface area contributed by atoms with Crippen molar-refractivity contribution in [3.05, 3.63) is 68.7 Å². The number of benzene rings is 1. The highest BCUT2D eigenvalue weighted by atomic mass is 32.1. The van der Waals surface area contributed by atoms with Crippen molar-refractivity contribution in [3.8, 4) is 11.5 Å². The monoisotopic (exact) mass is 439 g/mol. The molecule has 1 aliphatic heterocycles. The summed E-state index contributed by atoms with van der Waals surface area (Å²) < 4.78 is 15.8. The highest BCUT2D eigenvalue weighted by Crippen LogP contribution is 2.47. The van der Waals surface area contributed by atoms with E-state index in [0.717, 1.165) is 21.8 Å². The van der Waals surface area contributed by atoms with Crippen molar-refractivity contribution >= 4 is 23.1 Å². The molecule has 2 atom stereocenters. The van der Waals surface area contributed by atoms with E-state index in [1.165, 1.54) is 7.11 Å². The van der Waals surface area contributed by atoms with Crippen LogP contribution in [0.4, 0.5) is 0 Å². The molecule has 0 amide bonds. The number of thiophene rings is 1. The molecule has 2 heterocycles. The predicted octanol–water partition coefficient (Wildman–Crippen LogP) is 4.30. The number of carbonyl (C=O) groups is 2. The molecule has 1 aliphatic carbocycles. The van der Waals surface area contributed by atoms with E-state index in [9.17, 15) is 9.59 Å². The second-order valence-corrected chi connectivity index (χ2v) is 8.62. The molecule has 0 radical (unpaired) electrons. The molecular formula is C24H25NO5S. The second-order valence-electron chi connectivity index (χ2n) is 7.64. The Bertz CT molecular complexity index is 1080. The molecule has 7 heteroatoms. The van der Waals surface area contributed by atoms with Gasteiger partial charge in [0.25, 0.3) is 0 Å². The Morgan fingerprint density at radius 3 is 2.52 bits per heavy atom. The summed E-state index contributed by atoms with van der Waals surface area (Å²) in [5.41, 5.74) is 3.79. The van der Waals surface area contributed by atoms with Crippen LogP contribution in [-0.2, 0) is 14.3 Å². The summed E-state index contributed by atoms with van der Waals surface area (Å²) in [6.07, 6.45) is 1.04. The van der Waals surface area contributed by atoms with E-state index in [-0.39, 0.29) is 11.7 Å². The van der Waals surface area contributed by atoms with Crippen LogP contribution in [0.3, 0.4) is 0 Å². The Balaban J connectivity index is 1.75. The molecule has 162 valence electrons. The molecular weight excluding hydrogens is 414 g/mol. The van der Waals surface area contributed by atoms with Crippen LogP contribution in [0.25, 0.3) is 0 Å². The number of Topliss-reactive ketones (excluding diaryl/α,β-unsaturated/α-hetero) is 1. The predicted molar refractivity (Wildman–Crippen MR) is 118 cm³/mol. The first-order valence-corrected chi connectivity index (χ1v) is 10.9. The van der Waals surface area contributed by atoms with Gasteiger partial charge in [-0.25, -0.2) is 4.79 Å². The summed E-state index contributed by atoms with van der Waals surface area (Å²) in [6, 6.07) is 9.69. The lowest BCUT2D eigenvalue weighted by molar-refractivity contribution is -0.136. The number of rotatable bonds is 5. The molecule has 0 saturated carbocycles. The molecule has 1 aromatic carbocycles. The molecule has 0 unspecified atom stereocenters. The van der Waals surface area contributed by atoms with Crippen LogP contribution in [0.5, 0.6) is 11.5 Å². The van der Waals surface area contributed by atoms with Crippen LogP contribution in [0.2, 0.25) is 0 Å². The molecule has 0 fully saturated rings. The van der Waals surface area contributed by atoms with E-state index in [4.69, 9.17) is 14.2 Å². The lowest BCUT2D eigenvalue weighted by atomic mass is 9.73. The summed E-state index contributed by atoms with van der Waals surface area (Å²) in [5.74, 6) is 0.538. The third-order valence-electron chi connectivity index (χ3n) is 5.94. The van der Waals surface area contributed by atoms with Crippen LogP contribution in [0.1, 0.15) is 42.0 Å². The van der Waals surface area contributed by atoms with Gasteiger partial charge in [0.2, 0.25) is 0 Å². The highest BCUT2D eigenvalue weighted by molar-refractivity contribution is 7.10. The quantitative estimate of drug-likeness (QED) is 0.701. The van der Waals surface area contributed by atoms with E-state index in [1.54, 1.807) is 25.6 Å². The maximum Gasteiger partial charge on any atom is 0.336 e. The normalized spacial score (nSPS) is 20.8. The Morgan fingerprint density at radius 1 is 1.10 bits per heavy atom.